The zero-order valence-electron chi connectivity index (χ0n) is 13.0. The maximum Gasteiger partial charge on any atom is 0.457 e. The van der Waals surface area contributed by atoms with Crippen LogP contribution in [0.5, 0.6) is 0 Å². The van der Waals surface area contributed by atoms with E-state index in [0.717, 1.165) is 32.3 Å². The van der Waals surface area contributed by atoms with Crippen molar-refractivity contribution in [2.24, 2.45) is 5.92 Å². The topological polar surface area (TPSA) is 56.8 Å². The molecule has 2 aliphatic heterocycles. The molecule has 0 aromatic heterocycles. The lowest BCUT2D eigenvalue weighted by atomic mass is 9.83. The molecule has 0 aliphatic carbocycles. The van der Waals surface area contributed by atoms with Crippen LogP contribution in [0.25, 0.3) is 0 Å². The van der Waals surface area contributed by atoms with Gasteiger partial charge in [0.05, 0.1) is 23.7 Å². The molecule has 20 heavy (non-hydrogen) atoms. The molecule has 0 bridgehead atoms. The maximum absolute atomic E-state index is 11.7. The summed E-state index contributed by atoms with van der Waals surface area (Å²) in [7, 11) is -0.202. The first-order valence-electron chi connectivity index (χ1n) is 7.55. The monoisotopic (exact) mass is 283 g/mol. The molecule has 0 aromatic carbocycles. The number of hydrogen-bond donors (Lipinski definition) is 1. The summed E-state index contributed by atoms with van der Waals surface area (Å²) in [6.45, 7) is 10.3. The minimum Gasteiger partial charge on any atom is -0.465 e. The Labute approximate surface area is 121 Å². The zero-order valence-corrected chi connectivity index (χ0v) is 13.0. The number of esters is 1. The molecule has 0 amide bonds. The molecule has 2 saturated heterocycles. The van der Waals surface area contributed by atoms with Crippen molar-refractivity contribution in [1.29, 1.82) is 0 Å². The van der Waals surface area contributed by atoms with Crippen molar-refractivity contribution in [3.8, 4) is 0 Å². The van der Waals surface area contributed by atoms with Gasteiger partial charge in [-0.15, -0.1) is 0 Å². The zero-order chi connectivity index (χ0) is 14.8. The van der Waals surface area contributed by atoms with Gasteiger partial charge < -0.3 is 19.4 Å². The summed E-state index contributed by atoms with van der Waals surface area (Å²) in [5.74, 6) is -0.0456. The number of carbonyl (C=O) groups is 1. The van der Waals surface area contributed by atoms with Gasteiger partial charge in [0, 0.05) is 6.54 Å². The van der Waals surface area contributed by atoms with E-state index in [9.17, 15) is 4.79 Å². The molecule has 0 radical (unpaired) electrons. The van der Waals surface area contributed by atoms with Crippen LogP contribution in [0.4, 0.5) is 0 Å². The maximum atomic E-state index is 11.7. The molecule has 1 N–H and O–H groups in total. The summed E-state index contributed by atoms with van der Waals surface area (Å²) in [5, 5.41) is 3.17. The fourth-order valence-electron chi connectivity index (χ4n) is 2.48. The second kappa shape index (κ2) is 6.04. The Morgan fingerprint density at radius 3 is 2.50 bits per heavy atom. The largest absolute Gasteiger partial charge is 0.465 e. The van der Waals surface area contributed by atoms with Crippen molar-refractivity contribution in [2.75, 3.05) is 19.7 Å². The van der Waals surface area contributed by atoms with E-state index < -0.39 is 0 Å². The van der Waals surface area contributed by atoms with Crippen molar-refractivity contribution >= 4 is 13.1 Å². The summed E-state index contributed by atoms with van der Waals surface area (Å²) in [6, 6.07) is 0. The molecular formula is C14H26BNO4. The highest BCUT2D eigenvalue weighted by Crippen LogP contribution is 2.37. The van der Waals surface area contributed by atoms with Crippen LogP contribution in [0.1, 0.15) is 40.5 Å². The van der Waals surface area contributed by atoms with Gasteiger partial charge in [-0.3, -0.25) is 4.79 Å². The summed E-state index contributed by atoms with van der Waals surface area (Å²) < 4.78 is 17.1. The van der Waals surface area contributed by atoms with E-state index >= 15 is 0 Å². The first-order chi connectivity index (χ1) is 9.32. The lowest BCUT2D eigenvalue weighted by Gasteiger charge is -2.32. The molecule has 114 valence electrons. The fourth-order valence-corrected chi connectivity index (χ4v) is 2.48. The van der Waals surface area contributed by atoms with Crippen LogP contribution >= 0.6 is 0 Å². The van der Waals surface area contributed by atoms with Crippen molar-refractivity contribution < 1.29 is 18.8 Å². The minimum atomic E-state index is -0.288. The third-order valence-electron chi connectivity index (χ3n) is 4.52. The summed E-state index contributed by atoms with van der Waals surface area (Å²) in [4.78, 5) is 11.7. The Hall–Kier alpha value is -0.585. The minimum absolute atomic E-state index is 0.0341. The molecule has 2 fully saturated rings. The third-order valence-corrected chi connectivity index (χ3v) is 4.52. The molecule has 2 rings (SSSR count). The van der Waals surface area contributed by atoms with Gasteiger partial charge in [0.25, 0.3) is 0 Å². The van der Waals surface area contributed by atoms with Crippen molar-refractivity contribution in [1.82, 2.24) is 5.32 Å². The van der Waals surface area contributed by atoms with E-state index in [1.165, 1.54) is 0 Å². The number of hydrogen-bond acceptors (Lipinski definition) is 5. The predicted octanol–water partition coefficient (Wildman–Crippen LogP) is 1.62. The Kier molecular flexibility index (Phi) is 4.77. The molecule has 0 aromatic rings. The smallest absolute Gasteiger partial charge is 0.457 e. The second-order valence-corrected chi connectivity index (χ2v) is 6.69. The van der Waals surface area contributed by atoms with E-state index in [-0.39, 0.29) is 30.2 Å². The normalized spacial score (nSPS) is 27.8. The third kappa shape index (κ3) is 3.54. The highest BCUT2D eigenvalue weighted by molar-refractivity contribution is 6.45. The quantitative estimate of drug-likeness (QED) is 0.472. The summed E-state index contributed by atoms with van der Waals surface area (Å²) >= 11 is 0. The van der Waals surface area contributed by atoms with Crippen molar-refractivity contribution in [3.05, 3.63) is 0 Å². The summed E-state index contributed by atoms with van der Waals surface area (Å²) in [5.41, 5.74) is -0.576. The average molecular weight is 283 g/mol. The van der Waals surface area contributed by atoms with Gasteiger partial charge in [-0.2, -0.15) is 0 Å². The van der Waals surface area contributed by atoms with Crippen LogP contribution in [0.3, 0.4) is 0 Å². The molecule has 1 unspecified atom stereocenters. The van der Waals surface area contributed by atoms with Gasteiger partial charge >= 0.3 is 13.1 Å². The van der Waals surface area contributed by atoms with E-state index in [4.69, 9.17) is 14.0 Å². The van der Waals surface area contributed by atoms with Crippen LogP contribution in [-0.4, -0.2) is 44.0 Å². The van der Waals surface area contributed by atoms with E-state index in [2.05, 4.69) is 5.32 Å². The van der Waals surface area contributed by atoms with Crippen LogP contribution in [0, 0.1) is 5.92 Å². The Morgan fingerprint density at radius 2 is 1.95 bits per heavy atom. The molecule has 6 heteroatoms. The highest BCUT2D eigenvalue weighted by Gasteiger charge is 2.50. The van der Waals surface area contributed by atoms with E-state index in [0.29, 0.717) is 6.61 Å². The number of ether oxygens (including phenoxy) is 1. The molecule has 1 atom stereocenters. The van der Waals surface area contributed by atoms with Gasteiger partial charge in [-0.1, -0.05) is 0 Å². The van der Waals surface area contributed by atoms with Gasteiger partial charge in [0.2, 0.25) is 0 Å². The molecule has 0 spiro atoms. The molecular weight excluding hydrogens is 257 g/mol. The Morgan fingerprint density at radius 1 is 1.30 bits per heavy atom. The van der Waals surface area contributed by atoms with Crippen LogP contribution in [-0.2, 0) is 18.8 Å². The standard InChI is InChI=1S/C14H26BNO4/c1-13(2)14(3,4)20-15(19-13)7-5-9-18-12(17)11-6-8-16-10-11/h11,16H,5-10H2,1-4H3. The molecule has 2 aliphatic rings. The molecule has 2 heterocycles. The first-order valence-corrected chi connectivity index (χ1v) is 7.55. The van der Waals surface area contributed by atoms with Gasteiger partial charge in [-0.05, 0) is 53.4 Å². The van der Waals surface area contributed by atoms with Gasteiger partial charge in [-0.25, -0.2) is 0 Å². The average Bonchev–Trinajstić information content (AvgIpc) is 2.92. The van der Waals surface area contributed by atoms with Crippen LogP contribution in [0.2, 0.25) is 6.32 Å². The van der Waals surface area contributed by atoms with Crippen molar-refractivity contribution in [2.45, 2.75) is 58.1 Å². The fraction of sp³-hybridized carbons (Fsp3) is 0.929. The predicted molar refractivity (Wildman–Crippen MR) is 77.4 cm³/mol. The van der Waals surface area contributed by atoms with E-state index in [1.807, 2.05) is 27.7 Å². The van der Waals surface area contributed by atoms with E-state index in [1.54, 1.807) is 0 Å². The highest BCUT2D eigenvalue weighted by atomic mass is 16.7. The number of carbonyl (C=O) groups excluding carboxylic acids is 1. The summed E-state index contributed by atoms with van der Waals surface area (Å²) in [6.07, 6.45) is 2.40. The second-order valence-electron chi connectivity index (χ2n) is 6.69. The number of rotatable bonds is 5. The Balaban J connectivity index is 1.63. The van der Waals surface area contributed by atoms with Gasteiger partial charge in [0.1, 0.15) is 0 Å². The van der Waals surface area contributed by atoms with Crippen LogP contribution in [0.15, 0.2) is 0 Å². The number of nitrogens with one attached hydrogen (secondary N) is 1. The lowest BCUT2D eigenvalue weighted by Crippen LogP contribution is -2.41. The first kappa shape index (κ1) is 15.8. The Bertz CT molecular complexity index is 337. The van der Waals surface area contributed by atoms with Gasteiger partial charge in [0.15, 0.2) is 0 Å². The SMILES string of the molecule is CC1(C)OB(CCCOC(=O)C2CCNC2)OC1(C)C. The van der Waals surface area contributed by atoms with Crippen LogP contribution < -0.4 is 5.32 Å². The van der Waals surface area contributed by atoms with Crippen molar-refractivity contribution in [3.63, 3.8) is 0 Å². The lowest BCUT2D eigenvalue weighted by molar-refractivity contribution is -0.147. The molecule has 0 saturated carbocycles. The molecule has 5 nitrogen and oxygen atoms in total.